The fourth-order valence-electron chi connectivity index (χ4n) is 6.05. The highest BCUT2D eigenvalue weighted by Crippen LogP contribution is 2.65. The zero-order chi connectivity index (χ0) is 21.3. The van der Waals surface area contributed by atoms with E-state index in [4.69, 9.17) is 28.4 Å². The fraction of sp³-hybridized carbons (Fsp3) is 0.762. The highest BCUT2D eigenvalue weighted by atomic mass is 16.7. The van der Waals surface area contributed by atoms with Crippen LogP contribution in [0, 0.1) is 28.6 Å². The molecule has 3 aliphatic heterocycles. The fourth-order valence-corrected chi connectivity index (χ4v) is 6.05. The molecule has 9 heteroatoms. The van der Waals surface area contributed by atoms with E-state index in [9.17, 15) is 14.4 Å². The molecule has 2 spiro atoms. The van der Waals surface area contributed by atoms with Gasteiger partial charge in [0, 0.05) is 12.3 Å². The maximum Gasteiger partial charge on any atom is 0.508 e. The summed E-state index contributed by atoms with van der Waals surface area (Å²) in [7, 11) is 0. The van der Waals surface area contributed by atoms with Gasteiger partial charge in [0.25, 0.3) is 0 Å². The molecule has 164 valence electrons. The van der Waals surface area contributed by atoms with Crippen LogP contribution < -0.4 is 0 Å². The summed E-state index contributed by atoms with van der Waals surface area (Å²) in [4.78, 5) is 37.9. The number of rotatable bonds is 2. The van der Waals surface area contributed by atoms with Gasteiger partial charge in [-0.25, -0.2) is 4.79 Å². The lowest BCUT2D eigenvalue weighted by molar-refractivity contribution is -0.338. The van der Waals surface area contributed by atoms with E-state index in [1.165, 1.54) is 0 Å². The van der Waals surface area contributed by atoms with Crippen molar-refractivity contribution in [3.8, 4) is 0 Å². The molecule has 0 unspecified atom stereocenters. The van der Waals surface area contributed by atoms with Gasteiger partial charge in [0.15, 0.2) is 5.79 Å². The van der Waals surface area contributed by atoms with Crippen molar-refractivity contribution in [3.63, 3.8) is 0 Å². The maximum atomic E-state index is 12.9. The van der Waals surface area contributed by atoms with E-state index in [0.717, 1.165) is 0 Å². The predicted molar refractivity (Wildman–Crippen MR) is 97.8 cm³/mol. The van der Waals surface area contributed by atoms with E-state index in [2.05, 4.69) is 0 Å². The van der Waals surface area contributed by atoms with Crippen molar-refractivity contribution >= 4 is 18.1 Å². The molecule has 0 aromatic carbocycles. The number of hydrogen-bond donors (Lipinski definition) is 0. The van der Waals surface area contributed by atoms with Crippen LogP contribution in [0.2, 0.25) is 0 Å². The summed E-state index contributed by atoms with van der Waals surface area (Å²) in [5, 5.41) is 0. The van der Waals surface area contributed by atoms with Gasteiger partial charge in [0.1, 0.15) is 18.8 Å². The van der Waals surface area contributed by atoms with Crippen LogP contribution in [0.3, 0.4) is 0 Å². The van der Waals surface area contributed by atoms with Crippen molar-refractivity contribution in [2.75, 3.05) is 26.4 Å². The molecular weight excluding hydrogens is 396 g/mol. The Bertz CT molecular complexity index is 807. The van der Waals surface area contributed by atoms with Gasteiger partial charge in [-0.05, 0) is 20.8 Å². The second kappa shape index (κ2) is 6.43. The molecule has 3 saturated heterocycles. The van der Waals surface area contributed by atoms with Gasteiger partial charge >= 0.3 is 18.1 Å². The van der Waals surface area contributed by atoms with Crippen molar-refractivity contribution in [2.24, 2.45) is 28.6 Å². The number of allylic oxidation sites excluding steroid dienone is 1. The molecule has 30 heavy (non-hydrogen) atoms. The average molecular weight is 422 g/mol. The van der Waals surface area contributed by atoms with Crippen molar-refractivity contribution in [3.05, 3.63) is 12.2 Å². The molecule has 4 fully saturated rings. The third-order valence-electron chi connectivity index (χ3n) is 7.45. The summed E-state index contributed by atoms with van der Waals surface area (Å²) >= 11 is 0. The van der Waals surface area contributed by atoms with Crippen LogP contribution in [0.4, 0.5) is 4.79 Å². The van der Waals surface area contributed by atoms with Crippen LogP contribution >= 0.6 is 0 Å². The Morgan fingerprint density at radius 3 is 2.50 bits per heavy atom. The Morgan fingerprint density at radius 1 is 1.10 bits per heavy atom. The average Bonchev–Trinajstić information content (AvgIpc) is 3.05. The Kier molecular flexibility index (Phi) is 4.25. The normalized spacial score (nSPS) is 42.4. The number of fused-ring (bicyclic) bond motifs is 4. The van der Waals surface area contributed by atoms with Gasteiger partial charge in [-0.2, -0.15) is 0 Å². The molecular formula is C21H26O9. The molecule has 9 nitrogen and oxygen atoms in total. The molecule has 1 saturated carbocycles. The Morgan fingerprint density at radius 2 is 1.80 bits per heavy atom. The highest BCUT2D eigenvalue weighted by Gasteiger charge is 2.75. The molecule has 5 aliphatic rings. The largest absolute Gasteiger partial charge is 0.508 e. The van der Waals surface area contributed by atoms with Crippen molar-refractivity contribution in [2.45, 2.75) is 45.2 Å². The molecule has 5 rings (SSSR count). The van der Waals surface area contributed by atoms with Crippen LogP contribution in [-0.2, 0) is 38.0 Å². The molecule has 0 radical (unpaired) electrons. The second-order valence-electron chi connectivity index (χ2n) is 9.25. The second-order valence-corrected chi connectivity index (χ2v) is 9.25. The minimum atomic E-state index is -0.909. The number of esters is 2. The first-order valence-electron chi connectivity index (χ1n) is 10.4. The standard InChI is InChI=1S/C21H26O9/c1-4-25-16(22)11-5-6-12-20(8-27-19(2,3)28-9-20)13-7-14(30-18(24)29-13)21(12)10-26-17(23)15(11)21/h5-6,11-15H,4,7-10H2,1-3H3/t11-,12+,13-,14+,15-,21-/m1/s1. The molecule has 0 amide bonds. The minimum absolute atomic E-state index is 0.0528. The van der Waals surface area contributed by atoms with Crippen LogP contribution in [0.15, 0.2) is 12.2 Å². The zero-order valence-electron chi connectivity index (χ0n) is 17.3. The van der Waals surface area contributed by atoms with Crippen LogP contribution in [-0.4, -0.2) is 62.5 Å². The number of carbonyl (C=O) groups excluding carboxylic acids is 3. The molecule has 6 atom stereocenters. The minimum Gasteiger partial charge on any atom is -0.466 e. The predicted octanol–water partition coefficient (Wildman–Crippen LogP) is 1.59. The first-order chi connectivity index (χ1) is 14.2. The number of carbonyl (C=O) groups is 3. The maximum absolute atomic E-state index is 12.9. The molecule has 3 heterocycles. The summed E-state index contributed by atoms with van der Waals surface area (Å²) in [5.74, 6) is -3.64. The van der Waals surface area contributed by atoms with Gasteiger partial charge in [-0.1, -0.05) is 12.2 Å². The van der Waals surface area contributed by atoms with Crippen LogP contribution in [0.5, 0.6) is 0 Å². The molecule has 0 N–H and O–H groups in total. The highest BCUT2D eigenvalue weighted by molar-refractivity contribution is 5.86. The molecule has 0 aromatic rings. The van der Waals surface area contributed by atoms with Crippen molar-refractivity contribution in [1.82, 2.24) is 0 Å². The number of ether oxygens (including phenoxy) is 6. The smallest absolute Gasteiger partial charge is 0.466 e. The topological polar surface area (TPSA) is 107 Å². The number of cyclic esters (lactones) is 1. The van der Waals surface area contributed by atoms with Crippen molar-refractivity contribution in [1.29, 1.82) is 0 Å². The molecule has 0 aromatic heterocycles. The first kappa shape index (κ1) is 19.8. The Balaban J connectivity index is 1.64. The van der Waals surface area contributed by atoms with Crippen LogP contribution in [0.25, 0.3) is 0 Å². The lowest BCUT2D eigenvalue weighted by Gasteiger charge is -2.62. The SMILES string of the molecule is CCOC(=O)[C@@H]1C=C[C@H]2C3(COC(C)(C)OC3)[C@H]3C[C@H](OC(=O)O3)[C@@]23COC(=O)[C@@H]13. The van der Waals surface area contributed by atoms with E-state index in [1.54, 1.807) is 13.0 Å². The summed E-state index contributed by atoms with van der Waals surface area (Å²) in [6.07, 6.45) is 2.14. The van der Waals surface area contributed by atoms with Crippen LogP contribution in [0.1, 0.15) is 27.2 Å². The summed E-state index contributed by atoms with van der Waals surface area (Å²) < 4.78 is 33.9. The third kappa shape index (κ3) is 2.51. The Hall–Kier alpha value is -2.13. The first-order valence-corrected chi connectivity index (χ1v) is 10.4. The summed E-state index contributed by atoms with van der Waals surface area (Å²) in [5.41, 5.74) is -1.62. The summed E-state index contributed by atoms with van der Waals surface area (Å²) in [6, 6.07) is 0. The van der Waals surface area contributed by atoms with E-state index < -0.39 is 58.8 Å². The lowest BCUT2D eigenvalue weighted by atomic mass is 9.46. The van der Waals surface area contributed by atoms with Gasteiger partial charge < -0.3 is 28.4 Å². The van der Waals surface area contributed by atoms with E-state index in [1.807, 2.05) is 19.9 Å². The van der Waals surface area contributed by atoms with Gasteiger partial charge in [0.05, 0.1) is 42.5 Å². The van der Waals surface area contributed by atoms with E-state index in [0.29, 0.717) is 6.42 Å². The van der Waals surface area contributed by atoms with Crippen molar-refractivity contribution < 1.29 is 42.8 Å². The third-order valence-corrected chi connectivity index (χ3v) is 7.45. The molecule has 2 aliphatic carbocycles. The quantitative estimate of drug-likeness (QED) is 0.372. The van der Waals surface area contributed by atoms with Gasteiger partial charge in [0.2, 0.25) is 0 Å². The summed E-state index contributed by atoms with van der Waals surface area (Å²) in [6.45, 7) is 6.20. The van der Waals surface area contributed by atoms with Gasteiger partial charge in [-0.3, -0.25) is 9.59 Å². The lowest BCUT2D eigenvalue weighted by Crippen LogP contribution is -2.71. The molecule has 2 bridgehead atoms. The van der Waals surface area contributed by atoms with Gasteiger partial charge in [-0.15, -0.1) is 0 Å². The zero-order valence-corrected chi connectivity index (χ0v) is 17.3. The monoisotopic (exact) mass is 422 g/mol. The van der Waals surface area contributed by atoms with E-state index >= 15 is 0 Å². The number of hydrogen-bond acceptors (Lipinski definition) is 9. The van der Waals surface area contributed by atoms with E-state index in [-0.39, 0.29) is 32.3 Å². The Labute approximate surface area is 173 Å².